The molecule has 0 heterocycles. The predicted octanol–water partition coefficient (Wildman–Crippen LogP) is 6.40. The summed E-state index contributed by atoms with van der Waals surface area (Å²) < 4.78 is 10.0. The fourth-order valence-electron chi connectivity index (χ4n) is 2.89. The molecule has 0 N–H and O–H groups in total. The van der Waals surface area contributed by atoms with E-state index in [1.54, 1.807) is 38.1 Å². The average molecular weight is 398 g/mol. The van der Waals surface area contributed by atoms with Gasteiger partial charge in [-0.05, 0) is 60.4 Å². The summed E-state index contributed by atoms with van der Waals surface area (Å²) in [6.07, 6.45) is 0. The normalized spacial score (nSPS) is 10.2. The van der Waals surface area contributed by atoms with Crippen molar-refractivity contribution in [3.63, 3.8) is 0 Å². The van der Waals surface area contributed by atoms with Gasteiger partial charge in [-0.1, -0.05) is 61.7 Å². The molecule has 0 bridgehead atoms. The van der Waals surface area contributed by atoms with E-state index >= 15 is 0 Å². The van der Waals surface area contributed by atoms with Crippen LogP contribution < -0.4 is 0 Å². The third kappa shape index (κ3) is 5.11. The molecule has 0 radical (unpaired) electrons. The van der Waals surface area contributed by atoms with Crippen molar-refractivity contribution in [1.82, 2.24) is 0 Å². The summed E-state index contributed by atoms with van der Waals surface area (Å²) in [5.74, 6) is -0.110. The number of hydrogen-bond acceptors (Lipinski definition) is 4. The van der Waals surface area contributed by atoms with Gasteiger partial charge in [0.1, 0.15) is 0 Å². The third-order valence-corrected chi connectivity index (χ3v) is 4.33. The van der Waals surface area contributed by atoms with Crippen LogP contribution in [0.2, 0.25) is 0 Å². The van der Waals surface area contributed by atoms with Gasteiger partial charge in [0.25, 0.3) is 0 Å². The summed E-state index contributed by atoms with van der Waals surface area (Å²) in [7, 11) is 0. The Kier molecular flexibility index (Phi) is 6.28. The molecule has 0 aliphatic carbocycles. The van der Waals surface area contributed by atoms with Crippen LogP contribution in [0.4, 0.5) is 0 Å². The quantitative estimate of drug-likeness (QED) is 0.356. The Morgan fingerprint density at radius 3 is 1.00 bits per heavy atom. The van der Waals surface area contributed by atoms with Gasteiger partial charge in [-0.25, -0.2) is 9.59 Å². The van der Waals surface area contributed by atoms with E-state index in [9.17, 15) is 9.59 Å². The highest BCUT2D eigenvalue weighted by molar-refractivity contribution is 5.91. The van der Waals surface area contributed by atoms with Gasteiger partial charge in [0.05, 0.1) is 22.6 Å². The smallest absolute Gasteiger partial charge is 0.343 e. The molecule has 0 atom stereocenters. The van der Waals surface area contributed by atoms with Crippen molar-refractivity contribution in [3.05, 3.63) is 109 Å². The highest BCUT2D eigenvalue weighted by atomic mass is 16.5. The lowest BCUT2D eigenvalue weighted by molar-refractivity contribution is 0.0617. The molecule has 3 aromatic rings. The molecule has 0 aromatic heterocycles. The Balaban J connectivity index is 1.73. The van der Waals surface area contributed by atoms with Gasteiger partial charge in [0.2, 0.25) is 0 Å². The Bertz CT molecular complexity index is 999. The van der Waals surface area contributed by atoms with E-state index in [1.807, 2.05) is 48.5 Å². The highest BCUT2D eigenvalue weighted by Crippen LogP contribution is 2.26. The minimum absolute atomic E-state index is 0.361. The van der Waals surface area contributed by atoms with Crippen LogP contribution in [0.5, 0.6) is 0 Å². The second kappa shape index (κ2) is 9.05. The summed E-state index contributed by atoms with van der Waals surface area (Å²) in [6, 6.07) is 22.5. The van der Waals surface area contributed by atoms with E-state index < -0.39 is 11.9 Å². The molecular formula is C26H22O4. The molecule has 0 spiro atoms. The molecule has 0 unspecified atom stereocenters. The Hall–Kier alpha value is -3.92. The van der Waals surface area contributed by atoms with Crippen molar-refractivity contribution in [1.29, 1.82) is 0 Å². The van der Waals surface area contributed by atoms with E-state index in [0.717, 1.165) is 22.3 Å². The SMILES string of the molecule is C=C(C)OC(=O)c1ccc(-c2ccc(-c3ccc(C(=O)OC(=C)C)cc3)cc2)cc1. The van der Waals surface area contributed by atoms with Crippen molar-refractivity contribution in [2.24, 2.45) is 0 Å². The standard InChI is InChI=1S/C26H22O4/c1-17(2)29-25(27)23-13-9-21(10-14-23)19-5-7-20(8-6-19)22-11-15-24(16-12-22)26(28)30-18(3)4/h5-16H,1,3H2,2,4H3. The first-order valence-electron chi connectivity index (χ1n) is 9.40. The maximum atomic E-state index is 11.9. The van der Waals surface area contributed by atoms with Crippen LogP contribution in [-0.4, -0.2) is 11.9 Å². The molecule has 0 amide bonds. The molecule has 4 nitrogen and oxygen atoms in total. The zero-order valence-electron chi connectivity index (χ0n) is 17.0. The monoisotopic (exact) mass is 398 g/mol. The topological polar surface area (TPSA) is 52.6 Å². The highest BCUT2D eigenvalue weighted by Gasteiger charge is 2.09. The first kappa shape index (κ1) is 20.8. The van der Waals surface area contributed by atoms with Gasteiger partial charge in [-0.2, -0.15) is 0 Å². The van der Waals surface area contributed by atoms with E-state index in [-0.39, 0.29) is 0 Å². The average Bonchev–Trinajstić information content (AvgIpc) is 2.73. The van der Waals surface area contributed by atoms with Gasteiger partial charge in [0, 0.05) is 0 Å². The summed E-state index contributed by atoms with van der Waals surface area (Å²) in [6.45, 7) is 10.4. The van der Waals surface area contributed by atoms with Gasteiger partial charge in [-0.15, -0.1) is 0 Å². The molecule has 3 aromatic carbocycles. The molecule has 30 heavy (non-hydrogen) atoms. The Morgan fingerprint density at radius 2 is 0.767 bits per heavy atom. The second-order valence-corrected chi connectivity index (χ2v) is 6.92. The van der Waals surface area contributed by atoms with Crippen LogP contribution >= 0.6 is 0 Å². The minimum Gasteiger partial charge on any atom is -0.428 e. The fraction of sp³-hybridized carbons (Fsp3) is 0.0769. The van der Waals surface area contributed by atoms with Gasteiger partial charge in [-0.3, -0.25) is 0 Å². The molecule has 0 fully saturated rings. The van der Waals surface area contributed by atoms with Gasteiger partial charge < -0.3 is 9.47 Å². The van der Waals surface area contributed by atoms with E-state index in [2.05, 4.69) is 13.2 Å². The summed E-state index contributed by atoms with van der Waals surface area (Å²) >= 11 is 0. The van der Waals surface area contributed by atoms with Crippen molar-refractivity contribution in [2.45, 2.75) is 13.8 Å². The predicted molar refractivity (Wildman–Crippen MR) is 118 cm³/mol. The molecule has 3 rings (SSSR count). The van der Waals surface area contributed by atoms with E-state index in [1.165, 1.54) is 0 Å². The van der Waals surface area contributed by atoms with Crippen LogP contribution in [0, 0.1) is 0 Å². The number of carbonyl (C=O) groups is 2. The van der Waals surface area contributed by atoms with Crippen LogP contribution in [0.1, 0.15) is 34.6 Å². The maximum Gasteiger partial charge on any atom is 0.343 e. The first-order valence-corrected chi connectivity index (χ1v) is 9.40. The Morgan fingerprint density at radius 1 is 0.533 bits per heavy atom. The van der Waals surface area contributed by atoms with Crippen LogP contribution in [0.25, 0.3) is 22.3 Å². The van der Waals surface area contributed by atoms with Crippen molar-refractivity contribution in [3.8, 4) is 22.3 Å². The molecule has 0 saturated heterocycles. The zero-order valence-corrected chi connectivity index (χ0v) is 17.0. The van der Waals surface area contributed by atoms with Crippen molar-refractivity contribution < 1.29 is 19.1 Å². The molecular weight excluding hydrogens is 376 g/mol. The number of carbonyl (C=O) groups excluding carboxylic acids is 2. The first-order chi connectivity index (χ1) is 14.3. The third-order valence-electron chi connectivity index (χ3n) is 4.33. The summed E-state index contributed by atoms with van der Waals surface area (Å²) in [5.41, 5.74) is 4.99. The summed E-state index contributed by atoms with van der Waals surface area (Å²) in [5, 5.41) is 0. The lowest BCUT2D eigenvalue weighted by Gasteiger charge is -2.08. The number of benzene rings is 3. The van der Waals surface area contributed by atoms with Crippen LogP contribution in [-0.2, 0) is 9.47 Å². The number of hydrogen-bond donors (Lipinski definition) is 0. The largest absolute Gasteiger partial charge is 0.428 e. The van der Waals surface area contributed by atoms with Gasteiger partial charge >= 0.3 is 11.9 Å². The molecule has 0 aliphatic rings. The fourth-order valence-corrected chi connectivity index (χ4v) is 2.89. The number of ether oxygens (including phenoxy) is 2. The molecule has 150 valence electrons. The molecule has 0 aliphatic heterocycles. The molecule has 0 saturated carbocycles. The van der Waals surface area contributed by atoms with Crippen LogP contribution in [0.3, 0.4) is 0 Å². The van der Waals surface area contributed by atoms with Crippen molar-refractivity contribution in [2.75, 3.05) is 0 Å². The number of rotatable bonds is 6. The maximum absolute atomic E-state index is 11.9. The lowest BCUT2D eigenvalue weighted by atomic mass is 9.99. The van der Waals surface area contributed by atoms with Gasteiger partial charge in [0.15, 0.2) is 0 Å². The summed E-state index contributed by atoms with van der Waals surface area (Å²) in [4.78, 5) is 23.8. The lowest BCUT2D eigenvalue weighted by Crippen LogP contribution is -2.02. The van der Waals surface area contributed by atoms with E-state index in [4.69, 9.17) is 9.47 Å². The Labute approximate surface area is 176 Å². The van der Waals surface area contributed by atoms with Crippen molar-refractivity contribution >= 4 is 11.9 Å². The van der Waals surface area contributed by atoms with E-state index in [0.29, 0.717) is 22.6 Å². The molecule has 4 heteroatoms. The number of esters is 2. The van der Waals surface area contributed by atoms with Crippen LogP contribution in [0.15, 0.2) is 97.5 Å². The zero-order chi connectivity index (χ0) is 21.7. The number of allylic oxidation sites excluding steroid dienone is 2. The minimum atomic E-state index is -0.417. The second-order valence-electron chi connectivity index (χ2n) is 6.92.